The zero-order valence-electron chi connectivity index (χ0n) is 8.05. The summed E-state index contributed by atoms with van der Waals surface area (Å²) in [7, 11) is -2.17. The molecule has 0 aliphatic heterocycles. The molecular weight excluding hydrogens is 270 g/mol. The van der Waals surface area contributed by atoms with Gasteiger partial charge in [0, 0.05) is 0 Å². The summed E-state index contributed by atoms with van der Waals surface area (Å²) in [5, 5.41) is 51.7. The third kappa shape index (κ3) is 60.8. The summed E-state index contributed by atoms with van der Waals surface area (Å²) in [4.78, 5) is 37.1. The van der Waals surface area contributed by atoms with E-state index in [0.29, 0.717) is 0 Å². The van der Waals surface area contributed by atoms with Crippen molar-refractivity contribution in [2.75, 3.05) is 0 Å². The van der Waals surface area contributed by atoms with Gasteiger partial charge >= 0.3 is 60.8 Å². The van der Waals surface area contributed by atoms with Crippen molar-refractivity contribution in [2.24, 2.45) is 0 Å². The van der Waals surface area contributed by atoms with Crippen LogP contribution in [0.4, 0.5) is 0 Å². The van der Waals surface area contributed by atoms with Gasteiger partial charge in [0.25, 0.3) is 0 Å². The second kappa shape index (κ2) is 15.8. The van der Waals surface area contributed by atoms with E-state index in [2.05, 4.69) is 0 Å². The summed E-state index contributed by atoms with van der Waals surface area (Å²) in [6.07, 6.45) is -0.806. The minimum atomic E-state index is -2.17. The molecular formula is C5H10BNaO11. The molecule has 0 aromatic rings. The van der Waals surface area contributed by atoms with Crippen molar-refractivity contribution in [2.45, 2.75) is 6.42 Å². The molecule has 0 fully saturated rings. The monoisotopic (exact) mass is 280 g/mol. The SMILES string of the molecule is O=C(O)C(=O)O.O=C(O)CC(=O)O.OB(O)O.[NaH]. The number of hydrogen-bond donors (Lipinski definition) is 7. The molecule has 0 heterocycles. The molecule has 7 N–H and O–H groups in total. The van der Waals surface area contributed by atoms with Gasteiger partial charge in [-0.1, -0.05) is 0 Å². The molecule has 0 aliphatic rings. The van der Waals surface area contributed by atoms with E-state index >= 15 is 0 Å². The van der Waals surface area contributed by atoms with Gasteiger partial charge in [-0.15, -0.1) is 0 Å². The fourth-order valence-electron chi connectivity index (χ4n) is 0.129. The first kappa shape index (κ1) is 25.6. The minimum absolute atomic E-state index is 0. The van der Waals surface area contributed by atoms with Crippen LogP contribution in [0.15, 0.2) is 0 Å². The van der Waals surface area contributed by atoms with E-state index in [4.69, 9.17) is 45.1 Å². The molecule has 0 atom stereocenters. The van der Waals surface area contributed by atoms with Crippen LogP contribution in [0, 0.1) is 0 Å². The second-order valence-electron chi connectivity index (χ2n) is 1.92. The molecule has 18 heavy (non-hydrogen) atoms. The average molecular weight is 280 g/mol. The predicted molar refractivity (Wildman–Crippen MR) is 54.7 cm³/mol. The van der Waals surface area contributed by atoms with Gasteiger partial charge in [0.2, 0.25) is 0 Å². The van der Waals surface area contributed by atoms with Gasteiger partial charge in [-0.05, 0) is 0 Å². The summed E-state index contributed by atoms with van der Waals surface area (Å²) in [6, 6.07) is 0. The summed E-state index contributed by atoms with van der Waals surface area (Å²) in [6.45, 7) is 0. The van der Waals surface area contributed by atoms with Crippen molar-refractivity contribution in [1.29, 1.82) is 0 Å². The first-order chi connectivity index (χ1) is 7.50. The van der Waals surface area contributed by atoms with E-state index in [9.17, 15) is 9.59 Å². The van der Waals surface area contributed by atoms with Gasteiger partial charge in [-0.2, -0.15) is 0 Å². The van der Waals surface area contributed by atoms with Crippen molar-refractivity contribution >= 4 is 60.8 Å². The molecule has 13 heteroatoms. The standard InChI is InChI=1S/C3H4O4.C2H2O4.BH3O3.Na.H/c4-2(5)1-3(6)7;3-1(4)2(5)6;2-1(3)4;;/h1H2,(H,4,5)(H,6,7);(H,3,4)(H,5,6);2-4H;;. The van der Waals surface area contributed by atoms with Gasteiger partial charge in [0.1, 0.15) is 6.42 Å². The second-order valence-corrected chi connectivity index (χ2v) is 1.92. The van der Waals surface area contributed by atoms with Gasteiger partial charge in [-0.25, -0.2) is 9.59 Å². The fourth-order valence-corrected chi connectivity index (χ4v) is 0.129. The van der Waals surface area contributed by atoms with Crippen LogP contribution in [0.5, 0.6) is 0 Å². The Balaban J connectivity index is -0.0000000823. The van der Waals surface area contributed by atoms with Crippen molar-refractivity contribution in [3.63, 3.8) is 0 Å². The van der Waals surface area contributed by atoms with Gasteiger partial charge in [-0.3, -0.25) is 9.59 Å². The Kier molecular flexibility index (Phi) is 22.5. The average Bonchev–Trinajstić information content (AvgIpc) is 2.00. The van der Waals surface area contributed by atoms with Gasteiger partial charge in [0.05, 0.1) is 0 Å². The summed E-state index contributed by atoms with van der Waals surface area (Å²) in [5.41, 5.74) is 0. The fraction of sp³-hybridized carbons (Fsp3) is 0.200. The molecule has 0 aromatic carbocycles. The van der Waals surface area contributed by atoms with E-state index in [-0.39, 0.29) is 29.6 Å². The Hall–Kier alpha value is -1.18. The van der Waals surface area contributed by atoms with Crippen LogP contribution in [0.25, 0.3) is 0 Å². The molecule has 0 amide bonds. The third-order valence-corrected chi connectivity index (χ3v) is 0.485. The van der Waals surface area contributed by atoms with E-state index in [1.54, 1.807) is 0 Å². The zero-order valence-corrected chi connectivity index (χ0v) is 8.05. The molecule has 0 saturated carbocycles. The van der Waals surface area contributed by atoms with Crippen LogP contribution in [-0.4, -0.2) is 96.3 Å². The molecule has 11 nitrogen and oxygen atoms in total. The Morgan fingerprint density at radius 2 is 0.889 bits per heavy atom. The van der Waals surface area contributed by atoms with Crippen molar-refractivity contribution in [3.05, 3.63) is 0 Å². The van der Waals surface area contributed by atoms with Crippen LogP contribution in [0.2, 0.25) is 0 Å². The molecule has 0 spiro atoms. The van der Waals surface area contributed by atoms with Crippen LogP contribution in [0.3, 0.4) is 0 Å². The molecule has 0 aliphatic carbocycles. The van der Waals surface area contributed by atoms with E-state index < -0.39 is 37.6 Å². The maximum atomic E-state index is 9.43. The Labute approximate surface area is 122 Å². The topological polar surface area (TPSA) is 210 Å². The maximum absolute atomic E-state index is 9.43. The Bertz CT molecular complexity index is 250. The van der Waals surface area contributed by atoms with E-state index in [1.807, 2.05) is 0 Å². The number of hydrogen-bond acceptors (Lipinski definition) is 7. The van der Waals surface area contributed by atoms with E-state index in [1.165, 1.54) is 0 Å². The number of carboxylic acid groups (broad SMARTS) is 4. The van der Waals surface area contributed by atoms with Crippen LogP contribution >= 0.6 is 0 Å². The van der Waals surface area contributed by atoms with Crippen LogP contribution in [-0.2, 0) is 19.2 Å². The first-order valence-electron chi connectivity index (χ1n) is 3.44. The third-order valence-electron chi connectivity index (χ3n) is 0.485. The van der Waals surface area contributed by atoms with E-state index in [0.717, 1.165) is 0 Å². The molecule has 0 aromatic heterocycles. The number of aliphatic carboxylic acids is 4. The molecule has 0 bridgehead atoms. The summed E-state index contributed by atoms with van der Waals surface area (Å²) < 4.78 is 0. The first-order valence-corrected chi connectivity index (χ1v) is 3.44. The molecule has 100 valence electrons. The predicted octanol–water partition coefficient (Wildman–Crippen LogP) is -4.00. The summed E-state index contributed by atoms with van der Waals surface area (Å²) >= 11 is 0. The van der Waals surface area contributed by atoms with Gasteiger partial charge in [0.15, 0.2) is 0 Å². The quantitative estimate of drug-likeness (QED) is 0.147. The van der Waals surface area contributed by atoms with Crippen LogP contribution in [0.1, 0.15) is 6.42 Å². The number of carbonyl (C=O) groups is 4. The van der Waals surface area contributed by atoms with Crippen molar-refractivity contribution < 1.29 is 54.7 Å². The Morgan fingerprint density at radius 1 is 0.722 bits per heavy atom. The van der Waals surface area contributed by atoms with Crippen molar-refractivity contribution in [3.8, 4) is 0 Å². The molecule has 0 unspecified atom stereocenters. The molecule has 0 rings (SSSR count). The van der Waals surface area contributed by atoms with Gasteiger partial charge < -0.3 is 35.5 Å². The van der Waals surface area contributed by atoms with Crippen molar-refractivity contribution in [1.82, 2.24) is 0 Å². The molecule has 0 radical (unpaired) electrons. The number of carboxylic acids is 4. The zero-order chi connectivity index (χ0) is 14.6. The summed E-state index contributed by atoms with van der Waals surface area (Å²) in [5.74, 6) is -6.27. The molecule has 0 saturated heterocycles. The van der Waals surface area contributed by atoms with Crippen LogP contribution < -0.4 is 0 Å². The normalized spacial score (nSPS) is 7.06. The Morgan fingerprint density at radius 3 is 0.889 bits per heavy atom. The number of rotatable bonds is 2.